The maximum absolute atomic E-state index is 12.1. The molecule has 0 amide bonds. The van der Waals surface area contributed by atoms with E-state index in [9.17, 15) is 14.4 Å². The number of esters is 1. The van der Waals surface area contributed by atoms with Gasteiger partial charge >= 0.3 is 11.7 Å². The average molecular weight is 400 g/mol. The summed E-state index contributed by atoms with van der Waals surface area (Å²) in [6, 6.07) is 3.24. The number of hydrogen-bond donors (Lipinski definition) is 0. The van der Waals surface area contributed by atoms with Crippen LogP contribution in [0, 0.1) is 13.8 Å². The van der Waals surface area contributed by atoms with Gasteiger partial charge in [-0.1, -0.05) is 0 Å². The number of nitrogens with zero attached hydrogens (tertiary/aromatic N) is 4. The molecule has 0 atom stereocenters. The third kappa shape index (κ3) is 3.74. The highest BCUT2D eigenvalue weighted by molar-refractivity contribution is 7.12. The first kappa shape index (κ1) is 19.6. The molecule has 0 N–H and O–H groups in total. The normalized spacial score (nSPS) is 11.3. The molecule has 0 bridgehead atoms. The summed E-state index contributed by atoms with van der Waals surface area (Å²) in [4.78, 5) is 40.0. The number of carbonyl (C=O) groups excluding carboxylic acids is 1. The van der Waals surface area contributed by atoms with Crippen LogP contribution in [0.1, 0.15) is 22.6 Å². The second-order valence-electron chi connectivity index (χ2n) is 6.29. The monoisotopic (exact) mass is 400 g/mol. The molecular formula is C19H20N4O4S. The van der Waals surface area contributed by atoms with Gasteiger partial charge in [0.25, 0.3) is 5.56 Å². The van der Waals surface area contributed by atoms with E-state index in [4.69, 9.17) is 4.74 Å². The van der Waals surface area contributed by atoms with Crippen LogP contribution in [0.2, 0.25) is 0 Å². The Morgan fingerprint density at radius 3 is 2.64 bits per heavy atom. The predicted molar refractivity (Wildman–Crippen MR) is 107 cm³/mol. The molecule has 0 unspecified atom stereocenters. The van der Waals surface area contributed by atoms with Crippen LogP contribution in [0.3, 0.4) is 0 Å². The molecule has 3 aromatic heterocycles. The molecule has 3 heterocycles. The number of aryl methyl sites for hydroxylation is 1. The fourth-order valence-electron chi connectivity index (χ4n) is 2.84. The van der Waals surface area contributed by atoms with Crippen molar-refractivity contribution in [3.8, 4) is 5.13 Å². The molecule has 3 rings (SSSR count). The van der Waals surface area contributed by atoms with E-state index in [-0.39, 0.29) is 6.61 Å². The molecular weight excluding hydrogens is 380 g/mol. The van der Waals surface area contributed by atoms with Crippen LogP contribution in [0.5, 0.6) is 0 Å². The summed E-state index contributed by atoms with van der Waals surface area (Å²) in [5.41, 5.74) is 2.27. The molecule has 0 saturated carbocycles. The number of thiazole rings is 1. The first-order chi connectivity index (χ1) is 13.3. The van der Waals surface area contributed by atoms with Crippen LogP contribution >= 0.6 is 11.3 Å². The maximum atomic E-state index is 12.1. The highest BCUT2D eigenvalue weighted by Crippen LogP contribution is 2.23. The van der Waals surface area contributed by atoms with Crippen LogP contribution < -0.4 is 11.2 Å². The van der Waals surface area contributed by atoms with E-state index in [1.807, 2.05) is 29.9 Å². The van der Waals surface area contributed by atoms with Gasteiger partial charge in [-0.3, -0.25) is 18.5 Å². The average Bonchev–Trinajstić information content (AvgIpc) is 3.27. The van der Waals surface area contributed by atoms with E-state index in [1.54, 1.807) is 12.3 Å². The predicted octanol–water partition coefficient (Wildman–Crippen LogP) is 1.70. The zero-order chi connectivity index (χ0) is 20.4. The van der Waals surface area contributed by atoms with Gasteiger partial charge in [-0.05, 0) is 31.6 Å². The fraction of sp³-hybridized carbons (Fsp3) is 0.263. The van der Waals surface area contributed by atoms with Gasteiger partial charge in [0.1, 0.15) is 6.61 Å². The molecule has 0 saturated heterocycles. The van der Waals surface area contributed by atoms with Gasteiger partial charge < -0.3 is 4.74 Å². The van der Waals surface area contributed by atoms with Crippen molar-refractivity contribution in [1.82, 2.24) is 18.7 Å². The Morgan fingerprint density at radius 1 is 1.21 bits per heavy atom. The standard InChI is InChI=1S/C19H20N4O4S/c1-12-9-14(13(2)23(12)18-20-7-8-28-18)5-6-17(25)27-11-15-10-16(24)22(4)19(26)21(15)3/h5-10H,11H2,1-4H3/b6-5+. The van der Waals surface area contributed by atoms with Crippen LogP contribution in [0.15, 0.2) is 39.4 Å². The molecule has 28 heavy (non-hydrogen) atoms. The van der Waals surface area contributed by atoms with E-state index in [1.165, 1.54) is 42.1 Å². The van der Waals surface area contributed by atoms with Gasteiger partial charge in [-0.2, -0.15) is 0 Å². The molecule has 0 fully saturated rings. The molecule has 0 radical (unpaired) electrons. The number of hydrogen-bond acceptors (Lipinski definition) is 6. The summed E-state index contributed by atoms with van der Waals surface area (Å²) >= 11 is 1.53. The van der Waals surface area contributed by atoms with Crippen molar-refractivity contribution in [2.24, 2.45) is 14.1 Å². The van der Waals surface area contributed by atoms with Crippen molar-refractivity contribution < 1.29 is 9.53 Å². The first-order valence-electron chi connectivity index (χ1n) is 8.49. The summed E-state index contributed by atoms with van der Waals surface area (Å²) in [6.07, 6.45) is 4.75. The van der Waals surface area contributed by atoms with E-state index in [0.717, 1.165) is 26.6 Å². The third-order valence-corrected chi connectivity index (χ3v) is 5.22. The van der Waals surface area contributed by atoms with Crippen LogP contribution in [-0.2, 0) is 30.2 Å². The number of rotatable bonds is 5. The molecule has 9 heteroatoms. The smallest absolute Gasteiger partial charge is 0.331 e. The largest absolute Gasteiger partial charge is 0.456 e. The molecule has 0 aliphatic heterocycles. The second kappa shape index (κ2) is 7.81. The molecule has 3 aromatic rings. The van der Waals surface area contributed by atoms with Gasteiger partial charge in [0, 0.05) is 49.2 Å². The Balaban J connectivity index is 1.73. The Morgan fingerprint density at radius 2 is 1.96 bits per heavy atom. The van der Waals surface area contributed by atoms with Gasteiger partial charge in [0.05, 0.1) is 5.69 Å². The molecule has 0 aliphatic carbocycles. The van der Waals surface area contributed by atoms with Crippen molar-refractivity contribution in [3.05, 3.63) is 73.3 Å². The Hall–Kier alpha value is -3.20. The summed E-state index contributed by atoms with van der Waals surface area (Å²) in [5.74, 6) is -0.563. The van der Waals surface area contributed by atoms with Gasteiger partial charge in [0.2, 0.25) is 0 Å². The number of carbonyl (C=O) groups is 1. The minimum absolute atomic E-state index is 0.164. The lowest BCUT2D eigenvalue weighted by atomic mass is 10.2. The lowest BCUT2D eigenvalue weighted by Gasteiger charge is -2.09. The fourth-order valence-corrected chi connectivity index (χ4v) is 3.60. The minimum Gasteiger partial charge on any atom is -0.456 e. The topological polar surface area (TPSA) is 88.1 Å². The number of ether oxygens (including phenoxy) is 1. The quantitative estimate of drug-likeness (QED) is 0.481. The minimum atomic E-state index is -0.563. The van der Waals surface area contributed by atoms with Gasteiger partial charge in [0.15, 0.2) is 5.13 Å². The maximum Gasteiger partial charge on any atom is 0.331 e. The van der Waals surface area contributed by atoms with Crippen molar-refractivity contribution >= 4 is 23.4 Å². The summed E-state index contributed by atoms with van der Waals surface area (Å²) in [7, 11) is 2.92. The zero-order valence-electron chi connectivity index (χ0n) is 16.0. The van der Waals surface area contributed by atoms with Crippen molar-refractivity contribution in [2.75, 3.05) is 0 Å². The van der Waals surface area contributed by atoms with E-state index in [0.29, 0.717) is 5.69 Å². The third-order valence-electron chi connectivity index (χ3n) is 4.47. The molecule has 146 valence electrons. The van der Waals surface area contributed by atoms with Crippen molar-refractivity contribution in [2.45, 2.75) is 20.5 Å². The highest BCUT2D eigenvalue weighted by Gasteiger charge is 2.11. The summed E-state index contributed by atoms with van der Waals surface area (Å²) < 4.78 is 9.47. The highest BCUT2D eigenvalue weighted by atomic mass is 32.1. The van der Waals surface area contributed by atoms with Crippen molar-refractivity contribution in [3.63, 3.8) is 0 Å². The lowest BCUT2D eigenvalue weighted by Crippen LogP contribution is -2.38. The molecule has 0 spiro atoms. The van der Waals surface area contributed by atoms with Gasteiger partial charge in [-0.15, -0.1) is 11.3 Å². The van der Waals surface area contributed by atoms with Crippen LogP contribution in [0.4, 0.5) is 0 Å². The molecule has 0 aromatic carbocycles. The van der Waals surface area contributed by atoms with E-state index in [2.05, 4.69) is 4.98 Å². The Bertz CT molecular complexity index is 1170. The van der Waals surface area contributed by atoms with Crippen molar-refractivity contribution in [1.29, 1.82) is 0 Å². The lowest BCUT2D eigenvalue weighted by molar-refractivity contribution is -0.139. The Kier molecular flexibility index (Phi) is 5.46. The van der Waals surface area contributed by atoms with E-state index < -0.39 is 17.2 Å². The summed E-state index contributed by atoms with van der Waals surface area (Å²) in [6.45, 7) is 3.76. The van der Waals surface area contributed by atoms with Crippen LogP contribution in [-0.4, -0.2) is 24.7 Å². The second-order valence-corrected chi connectivity index (χ2v) is 7.17. The van der Waals surface area contributed by atoms with Gasteiger partial charge in [-0.25, -0.2) is 14.6 Å². The molecule has 0 aliphatic rings. The SMILES string of the molecule is Cc1cc(/C=C/C(=O)OCc2cc(=O)n(C)c(=O)n2C)c(C)n1-c1nccs1. The number of aromatic nitrogens is 4. The van der Waals surface area contributed by atoms with E-state index >= 15 is 0 Å². The van der Waals surface area contributed by atoms with Crippen LogP contribution in [0.25, 0.3) is 11.2 Å². The Labute approximate surface area is 165 Å². The zero-order valence-corrected chi connectivity index (χ0v) is 16.8. The first-order valence-corrected chi connectivity index (χ1v) is 9.37. The molecule has 8 nitrogen and oxygen atoms in total. The summed E-state index contributed by atoms with van der Waals surface area (Å²) in [5, 5.41) is 2.77.